The molecule has 30 heavy (non-hydrogen) atoms. The quantitative estimate of drug-likeness (QED) is 0.437. The molecule has 3 rings (SSSR count). The average molecular weight is 408 g/mol. The predicted octanol–water partition coefficient (Wildman–Crippen LogP) is 4.10. The van der Waals surface area contributed by atoms with E-state index in [2.05, 4.69) is 53.7 Å². The normalized spacial score (nSPS) is 12.1. The number of aliphatic imine (C=N–C) groups is 1. The number of hydrogen-bond acceptors (Lipinski definition) is 2. The van der Waals surface area contributed by atoms with Crippen molar-refractivity contribution in [2.75, 3.05) is 13.1 Å². The van der Waals surface area contributed by atoms with E-state index in [9.17, 15) is 4.39 Å². The van der Waals surface area contributed by atoms with Gasteiger partial charge in [-0.1, -0.05) is 50.2 Å². The first kappa shape index (κ1) is 21.6. The number of benzene rings is 2. The van der Waals surface area contributed by atoms with Crippen molar-refractivity contribution >= 4 is 5.96 Å². The minimum atomic E-state index is -0.233. The molecule has 0 aliphatic heterocycles. The molecule has 158 valence electrons. The Morgan fingerprint density at radius 3 is 2.63 bits per heavy atom. The Bertz CT molecular complexity index is 963. The van der Waals surface area contributed by atoms with Crippen LogP contribution in [0.1, 0.15) is 37.5 Å². The Labute approximate surface area is 178 Å². The molecule has 0 saturated carbocycles. The Morgan fingerprint density at radius 1 is 1.10 bits per heavy atom. The van der Waals surface area contributed by atoms with Crippen LogP contribution in [0.15, 0.2) is 72.2 Å². The van der Waals surface area contributed by atoms with Crippen LogP contribution < -0.4 is 10.6 Å². The lowest BCUT2D eigenvalue weighted by Gasteiger charge is -2.27. The topological polar surface area (TPSA) is 54.2 Å². The fourth-order valence-electron chi connectivity index (χ4n) is 3.25. The van der Waals surface area contributed by atoms with Gasteiger partial charge in [-0.25, -0.2) is 14.4 Å². The molecule has 2 N–H and O–H groups in total. The Kier molecular flexibility index (Phi) is 7.22. The van der Waals surface area contributed by atoms with Crippen LogP contribution in [-0.2, 0) is 18.5 Å². The number of aromatic nitrogens is 2. The van der Waals surface area contributed by atoms with Crippen LogP contribution in [-0.4, -0.2) is 28.6 Å². The second-order valence-corrected chi connectivity index (χ2v) is 8.00. The summed E-state index contributed by atoms with van der Waals surface area (Å²) in [6, 6.07) is 15.2. The van der Waals surface area contributed by atoms with E-state index in [0.29, 0.717) is 13.1 Å². The third kappa shape index (κ3) is 6.17. The van der Waals surface area contributed by atoms with Crippen LogP contribution in [0.2, 0.25) is 0 Å². The number of rotatable bonds is 8. The van der Waals surface area contributed by atoms with Crippen LogP contribution in [0.25, 0.3) is 0 Å². The minimum Gasteiger partial charge on any atom is -0.357 e. The van der Waals surface area contributed by atoms with Gasteiger partial charge in [0.1, 0.15) is 5.82 Å². The number of nitrogens with zero attached hydrogens (tertiary/aromatic N) is 3. The predicted molar refractivity (Wildman–Crippen MR) is 120 cm³/mol. The molecule has 1 aromatic heterocycles. The molecule has 0 aliphatic rings. The maximum absolute atomic E-state index is 13.6. The van der Waals surface area contributed by atoms with Crippen LogP contribution in [0.4, 0.5) is 4.39 Å². The summed E-state index contributed by atoms with van der Waals surface area (Å²) in [5, 5.41) is 6.70. The molecule has 0 unspecified atom stereocenters. The van der Waals surface area contributed by atoms with E-state index < -0.39 is 0 Å². The summed E-state index contributed by atoms with van der Waals surface area (Å²) in [6.07, 6.45) is 5.56. The Balaban J connectivity index is 1.64. The van der Waals surface area contributed by atoms with Crippen LogP contribution in [0.3, 0.4) is 0 Å². The number of nitrogens with one attached hydrogen (secondary N) is 2. The highest BCUT2D eigenvalue weighted by molar-refractivity contribution is 5.79. The Hall–Kier alpha value is -3.15. The zero-order valence-electron chi connectivity index (χ0n) is 17.9. The molecule has 0 aliphatic carbocycles. The lowest BCUT2D eigenvalue weighted by atomic mass is 9.84. The van der Waals surface area contributed by atoms with Crippen molar-refractivity contribution in [1.29, 1.82) is 0 Å². The highest BCUT2D eigenvalue weighted by Crippen LogP contribution is 2.22. The lowest BCUT2D eigenvalue weighted by molar-refractivity contribution is 0.503. The molecule has 0 bridgehead atoms. The molecule has 2 aromatic carbocycles. The third-order valence-electron chi connectivity index (χ3n) is 4.98. The first-order chi connectivity index (χ1) is 14.5. The third-order valence-corrected chi connectivity index (χ3v) is 4.98. The van der Waals surface area contributed by atoms with Gasteiger partial charge in [0.15, 0.2) is 5.96 Å². The van der Waals surface area contributed by atoms with Crippen LogP contribution in [0, 0.1) is 5.82 Å². The van der Waals surface area contributed by atoms with Crippen molar-refractivity contribution in [3.63, 3.8) is 0 Å². The van der Waals surface area contributed by atoms with Gasteiger partial charge in [0.25, 0.3) is 0 Å². The van der Waals surface area contributed by atoms with Crippen molar-refractivity contribution in [3.8, 4) is 0 Å². The van der Waals surface area contributed by atoms with E-state index in [1.165, 1.54) is 11.6 Å². The fraction of sp³-hybridized carbons (Fsp3) is 0.333. The van der Waals surface area contributed by atoms with Gasteiger partial charge in [0.05, 0.1) is 12.9 Å². The summed E-state index contributed by atoms with van der Waals surface area (Å²) in [7, 11) is 0. The van der Waals surface area contributed by atoms with Crippen LogP contribution in [0.5, 0.6) is 0 Å². The highest BCUT2D eigenvalue weighted by atomic mass is 19.1. The van der Waals surface area contributed by atoms with Gasteiger partial charge in [-0.2, -0.15) is 0 Å². The molecule has 5 nitrogen and oxygen atoms in total. The molecular weight excluding hydrogens is 377 g/mol. The molecule has 0 atom stereocenters. The molecule has 1 heterocycles. The summed E-state index contributed by atoms with van der Waals surface area (Å²) in [4.78, 5) is 8.83. The molecule has 0 radical (unpaired) electrons. The molecule has 0 saturated heterocycles. The van der Waals surface area contributed by atoms with E-state index in [1.54, 1.807) is 18.3 Å². The van der Waals surface area contributed by atoms with Gasteiger partial charge >= 0.3 is 0 Å². The first-order valence-electron chi connectivity index (χ1n) is 10.3. The molecule has 0 spiro atoms. The number of halogens is 1. The monoisotopic (exact) mass is 407 g/mol. The van der Waals surface area contributed by atoms with E-state index in [1.807, 2.05) is 30.1 Å². The Morgan fingerprint density at radius 2 is 1.90 bits per heavy atom. The summed E-state index contributed by atoms with van der Waals surface area (Å²) in [6.45, 7) is 9.01. The van der Waals surface area contributed by atoms with Crippen molar-refractivity contribution in [2.45, 2.75) is 39.3 Å². The van der Waals surface area contributed by atoms with Crippen molar-refractivity contribution in [2.24, 2.45) is 4.99 Å². The highest BCUT2D eigenvalue weighted by Gasteiger charge is 2.21. The maximum atomic E-state index is 13.6. The van der Waals surface area contributed by atoms with Crippen LogP contribution >= 0.6 is 0 Å². The van der Waals surface area contributed by atoms with Crippen molar-refractivity contribution < 1.29 is 4.39 Å². The number of imidazole rings is 1. The minimum absolute atomic E-state index is 0.211. The summed E-state index contributed by atoms with van der Waals surface area (Å²) >= 11 is 0. The van der Waals surface area contributed by atoms with Gasteiger partial charge in [0, 0.05) is 37.4 Å². The lowest BCUT2D eigenvalue weighted by Crippen LogP contribution is -2.43. The average Bonchev–Trinajstić information content (AvgIpc) is 3.23. The maximum Gasteiger partial charge on any atom is 0.191 e. The SMILES string of the molecule is CCNC(=NCc1cccc(Cn2ccnc2)c1)NCC(C)(C)c1cccc(F)c1. The van der Waals surface area contributed by atoms with Gasteiger partial charge < -0.3 is 15.2 Å². The second-order valence-electron chi connectivity index (χ2n) is 8.00. The smallest absolute Gasteiger partial charge is 0.191 e. The van der Waals surface area contributed by atoms with E-state index in [0.717, 1.165) is 30.2 Å². The summed E-state index contributed by atoms with van der Waals surface area (Å²) in [5.41, 5.74) is 3.08. The van der Waals surface area contributed by atoms with Gasteiger partial charge in [0.2, 0.25) is 0 Å². The van der Waals surface area contributed by atoms with E-state index in [-0.39, 0.29) is 11.2 Å². The fourth-order valence-corrected chi connectivity index (χ4v) is 3.25. The number of guanidine groups is 1. The zero-order valence-corrected chi connectivity index (χ0v) is 17.9. The zero-order chi connectivity index (χ0) is 21.4. The summed E-state index contributed by atoms with van der Waals surface area (Å²) < 4.78 is 15.7. The van der Waals surface area contributed by atoms with Gasteiger partial charge in [-0.15, -0.1) is 0 Å². The molecule has 3 aromatic rings. The van der Waals surface area contributed by atoms with Gasteiger partial charge in [-0.3, -0.25) is 0 Å². The number of hydrogen-bond donors (Lipinski definition) is 2. The molecule has 0 amide bonds. The molecule has 6 heteroatoms. The molecular formula is C24H30FN5. The van der Waals surface area contributed by atoms with E-state index in [4.69, 9.17) is 4.99 Å². The van der Waals surface area contributed by atoms with Gasteiger partial charge in [-0.05, 0) is 35.7 Å². The molecule has 0 fully saturated rings. The first-order valence-corrected chi connectivity index (χ1v) is 10.3. The second kappa shape index (κ2) is 10.1. The van der Waals surface area contributed by atoms with Crippen molar-refractivity contribution in [3.05, 3.63) is 89.8 Å². The standard InChI is InChI=1S/C24H30FN5/c1-4-27-23(29-17-24(2,3)21-9-6-10-22(25)14-21)28-15-19-7-5-8-20(13-19)16-30-12-11-26-18-30/h5-14,18H,4,15-17H2,1-3H3,(H2,27,28,29). The van der Waals surface area contributed by atoms with Crippen molar-refractivity contribution in [1.82, 2.24) is 20.2 Å². The summed E-state index contributed by atoms with van der Waals surface area (Å²) in [5.74, 6) is 0.540. The van der Waals surface area contributed by atoms with E-state index >= 15 is 0 Å². The largest absolute Gasteiger partial charge is 0.357 e.